The third-order valence-corrected chi connectivity index (χ3v) is 1.96. The number of rotatable bonds is 0. The number of hydrogen-bond donors (Lipinski definition) is 0. The molecule has 0 amide bonds. The summed E-state index contributed by atoms with van der Waals surface area (Å²) >= 11 is 9.07. The molecule has 0 radical (unpaired) electrons. The second-order valence-electron chi connectivity index (χ2n) is 2.00. The van der Waals surface area contributed by atoms with E-state index in [9.17, 15) is 0 Å². The fourth-order valence-corrected chi connectivity index (χ4v) is 1.61. The van der Waals surface area contributed by atoms with Gasteiger partial charge in [0.05, 0.1) is 6.20 Å². The van der Waals surface area contributed by atoms with E-state index in [-0.39, 0.29) is 0 Å². The van der Waals surface area contributed by atoms with Crippen LogP contribution in [0.1, 0.15) is 0 Å². The minimum absolute atomic E-state index is 0.548. The molecule has 56 valence electrons. The molecule has 0 aliphatic heterocycles. The predicted molar refractivity (Wildman–Crippen MR) is 45.7 cm³/mol. The quantitative estimate of drug-likeness (QED) is 0.652. The van der Waals surface area contributed by atoms with Crippen LogP contribution >= 0.6 is 27.5 Å². The molecule has 0 atom stereocenters. The van der Waals surface area contributed by atoms with Gasteiger partial charge in [-0.2, -0.15) is 5.10 Å². The van der Waals surface area contributed by atoms with Gasteiger partial charge in [0.1, 0.15) is 9.76 Å². The van der Waals surface area contributed by atoms with Crippen LogP contribution < -0.4 is 0 Å². The summed E-state index contributed by atoms with van der Waals surface area (Å²) < 4.78 is 2.28. The maximum absolute atomic E-state index is 5.83. The third-order valence-electron chi connectivity index (χ3n) is 1.28. The number of fused-ring (bicyclic) bond motifs is 1. The fourth-order valence-electron chi connectivity index (χ4n) is 0.847. The van der Waals surface area contributed by atoms with Gasteiger partial charge in [-0.15, -0.1) is 0 Å². The Bertz CT molecular complexity index is 398. The average molecular weight is 232 g/mol. The van der Waals surface area contributed by atoms with E-state index in [0.717, 1.165) is 10.3 Å². The van der Waals surface area contributed by atoms with Gasteiger partial charge in [0.25, 0.3) is 0 Å². The number of nitrogens with zero attached hydrogens (tertiary/aromatic N) is 3. The molecular weight excluding hydrogens is 229 g/mol. The molecule has 2 rings (SSSR count). The first-order valence-electron chi connectivity index (χ1n) is 2.93. The summed E-state index contributed by atoms with van der Waals surface area (Å²) in [7, 11) is 0. The standard InChI is InChI=1S/C6H3BrClN3/c7-4-3-5(8)11-6(10-4)1-2-9-11/h1-3H. The summed E-state index contributed by atoms with van der Waals surface area (Å²) in [6, 6.07) is 3.48. The summed E-state index contributed by atoms with van der Waals surface area (Å²) in [5.41, 5.74) is 0.740. The molecule has 0 spiro atoms. The lowest BCUT2D eigenvalue weighted by molar-refractivity contribution is 0.935. The lowest BCUT2D eigenvalue weighted by Gasteiger charge is -1.95. The Kier molecular flexibility index (Phi) is 1.58. The number of halogens is 2. The highest BCUT2D eigenvalue weighted by molar-refractivity contribution is 9.10. The summed E-state index contributed by atoms with van der Waals surface area (Å²) in [6.45, 7) is 0. The molecule has 0 bridgehead atoms. The Balaban J connectivity index is 2.91. The van der Waals surface area contributed by atoms with Crippen molar-refractivity contribution >= 4 is 33.2 Å². The number of hydrogen-bond acceptors (Lipinski definition) is 2. The van der Waals surface area contributed by atoms with E-state index in [4.69, 9.17) is 11.6 Å². The zero-order valence-electron chi connectivity index (χ0n) is 5.33. The van der Waals surface area contributed by atoms with Crippen molar-refractivity contribution in [2.45, 2.75) is 0 Å². The topological polar surface area (TPSA) is 30.2 Å². The second kappa shape index (κ2) is 2.46. The van der Waals surface area contributed by atoms with E-state index < -0.39 is 0 Å². The first-order valence-corrected chi connectivity index (χ1v) is 4.10. The molecule has 0 saturated heterocycles. The van der Waals surface area contributed by atoms with Crippen LogP contribution in [0.5, 0.6) is 0 Å². The summed E-state index contributed by atoms with van der Waals surface area (Å²) in [5, 5.41) is 4.51. The molecule has 0 aliphatic carbocycles. The molecule has 3 nitrogen and oxygen atoms in total. The van der Waals surface area contributed by atoms with Gasteiger partial charge in [-0.25, -0.2) is 9.50 Å². The fraction of sp³-hybridized carbons (Fsp3) is 0. The Morgan fingerprint density at radius 2 is 2.36 bits per heavy atom. The lowest BCUT2D eigenvalue weighted by atomic mass is 10.6. The van der Waals surface area contributed by atoms with Crippen molar-refractivity contribution in [2.24, 2.45) is 0 Å². The molecule has 0 aliphatic rings. The van der Waals surface area contributed by atoms with E-state index in [1.807, 2.05) is 0 Å². The first-order chi connectivity index (χ1) is 5.27. The molecule has 0 fully saturated rings. The maximum Gasteiger partial charge on any atom is 0.157 e. The molecule has 0 N–H and O–H groups in total. The van der Waals surface area contributed by atoms with Crippen LogP contribution in [0.25, 0.3) is 5.65 Å². The van der Waals surface area contributed by atoms with Gasteiger partial charge in [0.2, 0.25) is 0 Å². The first kappa shape index (κ1) is 7.06. The van der Waals surface area contributed by atoms with Crippen LogP contribution in [-0.4, -0.2) is 14.6 Å². The maximum atomic E-state index is 5.83. The van der Waals surface area contributed by atoms with Crippen LogP contribution in [-0.2, 0) is 0 Å². The van der Waals surface area contributed by atoms with Gasteiger partial charge in [-0.1, -0.05) is 11.6 Å². The van der Waals surface area contributed by atoms with Crippen molar-refractivity contribution in [1.82, 2.24) is 14.6 Å². The Morgan fingerprint density at radius 3 is 3.18 bits per heavy atom. The molecule has 2 aromatic heterocycles. The van der Waals surface area contributed by atoms with E-state index in [1.54, 1.807) is 22.8 Å². The zero-order valence-corrected chi connectivity index (χ0v) is 7.67. The molecule has 5 heteroatoms. The highest BCUT2D eigenvalue weighted by Gasteiger charge is 2.00. The zero-order chi connectivity index (χ0) is 7.84. The van der Waals surface area contributed by atoms with Crippen LogP contribution in [0.4, 0.5) is 0 Å². The van der Waals surface area contributed by atoms with Crippen molar-refractivity contribution in [3.05, 3.63) is 28.1 Å². The summed E-state index contributed by atoms with van der Waals surface area (Å²) in [5.74, 6) is 0. The lowest BCUT2D eigenvalue weighted by Crippen LogP contribution is -1.91. The van der Waals surface area contributed by atoms with Crippen LogP contribution in [0, 0.1) is 0 Å². The Morgan fingerprint density at radius 1 is 1.55 bits per heavy atom. The number of aromatic nitrogens is 3. The molecule has 2 heterocycles. The SMILES string of the molecule is Clc1cc(Br)nc2ccnn12. The van der Waals surface area contributed by atoms with Gasteiger partial charge in [0, 0.05) is 12.1 Å². The molecule has 0 saturated carbocycles. The van der Waals surface area contributed by atoms with E-state index in [2.05, 4.69) is 26.0 Å². The third kappa shape index (κ3) is 1.12. The van der Waals surface area contributed by atoms with Gasteiger partial charge in [-0.3, -0.25) is 0 Å². The molecular formula is C6H3BrClN3. The van der Waals surface area contributed by atoms with Crippen molar-refractivity contribution in [1.29, 1.82) is 0 Å². The highest BCUT2D eigenvalue weighted by atomic mass is 79.9. The van der Waals surface area contributed by atoms with Gasteiger partial charge >= 0.3 is 0 Å². The molecule has 11 heavy (non-hydrogen) atoms. The van der Waals surface area contributed by atoms with Gasteiger partial charge < -0.3 is 0 Å². The Labute approximate surface area is 76.1 Å². The predicted octanol–water partition coefficient (Wildman–Crippen LogP) is 2.15. The van der Waals surface area contributed by atoms with Crippen LogP contribution in [0.2, 0.25) is 5.15 Å². The van der Waals surface area contributed by atoms with Gasteiger partial charge in [0.15, 0.2) is 5.65 Å². The van der Waals surface area contributed by atoms with Gasteiger partial charge in [-0.05, 0) is 15.9 Å². The summed E-state index contributed by atoms with van der Waals surface area (Å²) in [4.78, 5) is 4.13. The molecule has 0 aromatic carbocycles. The second-order valence-corrected chi connectivity index (χ2v) is 3.20. The normalized spacial score (nSPS) is 10.7. The molecule has 2 aromatic rings. The van der Waals surface area contributed by atoms with Crippen molar-refractivity contribution in [3.8, 4) is 0 Å². The summed E-state index contributed by atoms with van der Waals surface area (Å²) in [6.07, 6.45) is 1.65. The van der Waals surface area contributed by atoms with Crippen LogP contribution in [0.15, 0.2) is 22.9 Å². The minimum Gasteiger partial charge on any atom is -0.222 e. The Hall–Kier alpha value is -0.610. The monoisotopic (exact) mass is 231 g/mol. The average Bonchev–Trinajstić information content (AvgIpc) is 2.34. The van der Waals surface area contributed by atoms with Crippen LogP contribution in [0.3, 0.4) is 0 Å². The van der Waals surface area contributed by atoms with E-state index in [1.165, 1.54) is 0 Å². The van der Waals surface area contributed by atoms with E-state index in [0.29, 0.717) is 5.15 Å². The minimum atomic E-state index is 0.548. The van der Waals surface area contributed by atoms with Crippen molar-refractivity contribution in [2.75, 3.05) is 0 Å². The molecule has 0 unspecified atom stereocenters. The van der Waals surface area contributed by atoms with Crippen molar-refractivity contribution in [3.63, 3.8) is 0 Å². The highest BCUT2D eigenvalue weighted by Crippen LogP contribution is 2.15. The van der Waals surface area contributed by atoms with E-state index >= 15 is 0 Å². The smallest absolute Gasteiger partial charge is 0.157 e. The largest absolute Gasteiger partial charge is 0.222 e. The van der Waals surface area contributed by atoms with Crippen molar-refractivity contribution < 1.29 is 0 Å².